The normalized spacial score (nSPS) is 16.8. The molecule has 0 radical (unpaired) electrons. The molecule has 2 N–H and O–H groups in total. The van der Waals surface area contributed by atoms with Crippen molar-refractivity contribution in [1.82, 2.24) is 14.5 Å². The number of benzene rings is 1. The van der Waals surface area contributed by atoms with Crippen molar-refractivity contribution in [3.8, 4) is 0 Å². The number of nitrogens with one attached hydrogen (secondary N) is 1. The van der Waals surface area contributed by atoms with Gasteiger partial charge in [0.25, 0.3) is 5.56 Å². The molecule has 0 aliphatic carbocycles. The van der Waals surface area contributed by atoms with Crippen LogP contribution in [0.1, 0.15) is 23.1 Å². The molecule has 1 amide bonds. The van der Waals surface area contributed by atoms with E-state index in [1.165, 1.54) is 13.2 Å². The maximum Gasteiger partial charge on any atom is 0.328 e. The van der Waals surface area contributed by atoms with E-state index in [4.69, 9.17) is 0 Å². The second-order valence-corrected chi connectivity index (χ2v) is 6.84. The van der Waals surface area contributed by atoms with Gasteiger partial charge < -0.3 is 15.0 Å². The minimum Gasteiger partial charge on any atom is -0.392 e. The van der Waals surface area contributed by atoms with Crippen molar-refractivity contribution in [3.63, 3.8) is 0 Å². The molecule has 0 bridgehead atoms. The Morgan fingerprint density at radius 2 is 2.08 bits per heavy atom. The van der Waals surface area contributed by atoms with Crippen LogP contribution in [0.15, 0.2) is 40.1 Å². The summed E-state index contributed by atoms with van der Waals surface area (Å²) in [7, 11) is 1.39. The Kier molecular flexibility index (Phi) is 5.37. The maximum atomic E-state index is 12.5. The Hall–Kier alpha value is -2.67. The lowest BCUT2D eigenvalue weighted by Gasteiger charge is -2.17. The number of aliphatic hydroxyl groups excluding tert-OH is 1. The van der Waals surface area contributed by atoms with Crippen LogP contribution in [0.2, 0.25) is 0 Å². The largest absolute Gasteiger partial charge is 0.392 e. The molecule has 2 heterocycles. The zero-order chi connectivity index (χ0) is 18.7. The summed E-state index contributed by atoms with van der Waals surface area (Å²) in [6, 6.07) is 7.85. The highest BCUT2D eigenvalue weighted by atomic mass is 16.3. The topological polar surface area (TPSA) is 95.4 Å². The van der Waals surface area contributed by atoms with Crippen molar-refractivity contribution in [2.45, 2.75) is 25.9 Å². The van der Waals surface area contributed by atoms with Gasteiger partial charge in [-0.05, 0) is 29.9 Å². The minimum atomic E-state index is -0.488. The Balaban J connectivity index is 1.61. The maximum absolute atomic E-state index is 12.5. The molecule has 1 aliphatic rings. The van der Waals surface area contributed by atoms with Crippen molar-refractivity contribution < 1.29 is 9.90 Å². The highest BCUT2D eigenvalue weighted by Gasteiger charge is 2.27. The average molecular weight is 357 g/mol. The molecule has 7 heteroatoms. The van der Waals surface area contributed by atoms with Crippen molar-refractivity contribution >= 4 is 5.91 Å². The van der Waals surface area contributed by atoms with Crippen LogP contribution in [0.5, 0.6) is 0 Å². The molecule has 138 valence electrons. The predicted molar refractivity (Wildman–Crippen MR) is 96.8 cm³/mol. The smallest absolute Gasteiger partial charge is 0.328 e. The average Bonchev–Trinajstić information content (AvgIpc) is 3.11. The van der Waals surface area contributed by atoms with Gasteiger partial charge in [0, 0.05) is 31.9 Å². The standard InChI is InChI=1S/C19H23N3O4/c1-21-18(25)16(10-20-19(21)26)9-17(24)22-6-5-14(11-22)7-13-3-2-4-15(8-13)12-23/h2-4,8,10,14,23H,5-7,9,11-12H2,1H3,(H,20,26). The zero-order valence-corrected chi connectivity index (χ0v) is 14.8. The highest BCUT2D eigenvalue weighted by molar-refractivity contribution is 5.78. The van der Waals surface area contributed by atoms with Crippen molar-refractivity contribution in [3.05, 3.63) is 68.0 Å². The van der Waals surface area contributed by atoms with E-state index >= 15 is 0 Å². The molecular formula is C19H23N3O4. The second kappa shape index (κ2) is 7.70. The van der Waals surface area contributed by atoms with Crippen LogP contribution in [-0.2, 0) is 31.3 Å². The summed E-state index contributed by atoms with van der Waals surface area (Å²) < 4.78 is 0.976. The lowest BCUT2D eigenvalue weighted by atomic mass is 9.97. The molecule has 3 rings (SSSR count). The van der Waals surface area contributed by atoms with Crippen LogP contribution in [0, 0.1) is 5.92 Å². The van der Waals surface area contributed by atoms with E-state index in [1.807, 2.05) is 24.3 Å². The number of aliphatic hydroxyl groups is 1. The third kappa shape index (κ3) is 3.94. The minimum absolute atomic E-state index is 0.00380. The number of aromatic nitrogens is 2. The summed E-state index contributed by atoms with van der Waals surface area (Å²) in [5.41, 5.74) is 1.43. The monoisotopic (exact) mass is 357 g/mol. The first-order valence-electron chi connectivity index (χ1n) is 8.72. The van der Waals surface area contributed by atoms with Gasteiger partial charge in [0.2, 0.25) is 5.91 Å². The predicted octanol–water partition coefficient (Wildman–Crippen LogP) is 0.200. The van der Waals surface area contributed by atoms with Crippen LogP contribution in [0.3, 0.4) is 0 Å². The molecule has 1 aromatic carbocycles. The van der Waals surface area contributed by atoms with Crippen molar-refractivity contribution in [2.24, 2.45) is 13.0 Å². The third-order valence-electron chi connectivity index (χ3n) is 4.93. The van der Waals surface area contributed by atoms with Gasteiger partial charge in [0.15, 0.2) is 0 Å². The summed E-state index contributed by atoms with van der Waals surface area (Å²) in [4.78, 5) is 40.2. The number of likely N-dealkylation sites (tertiary alicyclic amines) is 1. The Morgan fingerprint density at radius 3 is 2.85 bits per heavy atom. The molecule has 7 nitrogen and oxygen atoms in total. The van der Waals surface area contributed by atoms with E-state index in [-0.39, 0.29) is 18.9 Å². The number of carbonyl (C=O) groups excluding carboxylic acids is 1. The number of nitrogens with zero attached hydrogens (tertiary/aromatic N) is 2. The fourth-order valence-electron chi connectivity index (χ4n) is 3.43. The van der Waals surface area contributed by atoms with Gasteiger partial charge in [-0.25, -0.2) is 4.79 Å². The van der Waals surface area contributed by atoms with Gasteiger partial charge in [-0.15, -0.1) is 0 Å². The Bertz CT molecular complexity index is 915. The molecule has 2 aromatic rings. The van der Waals surface area contributed by atoms with E-state index in [1.54, 1.807) is 4.90 Å². The van der Waals surface area contributed by atoms with E-state index in [0.29, 0.717) is 24.6 Å². The summed E-state index contributed by atoms with van der Waals surface area (Å²) in [5.74, 6) is 0.270. The molecule has 1 unspecified atom stereocenters. The second-order valence-electron chi connectivity index (χ2n) is 6.84. The van der Waals surface area contributed by atoms with Gasteiger partial charge in [0.05, 0.1) is 13.0 Å². The summed E-state index contributed by atoms with van der Waals surface area (Å²) in [6.07, 6.45) is 3.10. The first-order chi connectivity index (χ1) is 12.5. The van der Waals surface area contributed by atoms with Gasteiger partial charge in [-0.2, -0.15) is 0 Å². The SMILES string of the molecule is Cn1c(=O)[nH]cc(CC(=O)N2CCC(Cc3cccc(CO)c3)C2)c1=O. The van der Waals surface area contributed by atoms with Gasteiger partial charge in [0.1, 0.15) is 0 Å². The van der Waals surface area contributed by atoms with Crippen LogP contribution in [0.25, 0.3) is 0 Å². The molecular weight excluding hydrogens is 334 g/mol. The summed E-state index contributed by atoms with van der Waals surface area (Å²) >= 11 is 0. The molecule has 1 aliphatic heterocycles. The number of amides is 1. The fraction of sp³-hybridized carbons (Fsp3) is 0.421. The number of H-pyrrole nitrogens is 1. The third-order valence-corrected chi connectivity index (χ3v) is 4.93. The number of hydrogen-bond acceptors (Lipinski definition) is 4. The quantitative estimate of drug-likeness (QED) is 0.799. The number of rotatable bonds is 5. The van der Waals surface area contributed by atoms with Crippen LogP contribution in [-0.4, -0.2) is 38.6 Å². The number of carbonyl (C=O) groups is 1. The summed E-state index contributed by atoms with van der Waals surface area (Å²) in [5, 5.41) is 9.23. The molecule has 1 atom stereocenters. The van der Waals surface area contributed by atoms with Crippen molar-refractivity contribution in [1.29, 1.82) is 0 Å². The van der Waals surface area contributed by atoms with Gasteiger partial charge in [-0.3, -0.25) is 14.2 Å². The van der Waals surface area contributed by atoms with Gasteiger partial charge >= 0.3 is 5.69 Å². The molecule has 1 aromatic heterocycles. The number of hydrogen-bond donors (Lipinski definition) is 2. The van der Waals surface area contributed by atoms with Crippen molar-refractivity contribution in [2.75, 3.05) is 13.1 Å². The molecule has 0 spiro atoms. The number of aromatic amines is 1. The Morgan fingerprint density at radius 1 is 1.31 bits per heavy atom. The fourth-order valence-corrected chi connectivity index (χ4v) is 3.43. The van der Waals surface area contributed by atoms with E-state index in [9.17, 15) is 19.5 Å². The molecule has 26 heavy (non-hydrogen) atoms. The van der Waals surface area contributed by atoms with E-state index in [0.717, 1.165) is 28.5 Å². The van der Waals surface area contributed by atoms with Crippen LogP contribution < -0.4 is 11.2 Å². The lowest BCUT2D eigenvalue weighted by Crippen LogP contribution is -2.37. The highest BCUT2D eigenvalue weighted by Crippen LogP contribution is 2.22. The van der Waals surface area contributed by atoms with E-state index in [2.05, 4.69) is 4.98 Å². The first kappa shape index (κ1) is 18.1. The Labute approximate surface area is 150 Å². The van der Waals surface area contributed by atoms with Crippen LogP contribution in [0.4, 0.5) is 0 Å². The first-order valence-corrected chi connectivity index (χ1v) is 8.72. The lowest BCUT2D eigenvalue weighted by molar-refractivity contribution is -0.129. The molecule has 0 saturated carbocycles. The molecule has 1 fully saturated rings. The molecule has 1 saturated heterocycles. The van der Waals surface area contributed by atoms with E-state index < -0.39 is 11.2 Å². The summed E-state index contributed by atoms with van der Waals surface area (Å²) in [6.45, 7) is 1.36. The van der Waals surface area contributed by atoms with Crippen LogP contribution >= 0.6 is 0 Å². The zero-order valence-electron chi connectivity index (χ0n) is 14.8. The van der Waals surface area contributed by atoms with Gasteiger partial charge in [-0.1, -0.05) is 24.3 Å².